The van der Waals surface area contributed by atoms with E-state index in [1.807, 2.05) is 0 Å². The normalized spacial score (nSPS) is 10.3. The van der Waals surface area contributed by atoms with Crippen molar-refractivity contribution in [3.05, 3.63) is 63.4 Å². The summed E-state index contributed by atoms with van der Waals surface area (Å²) in [4.78, 5) is 11.2. The fourth-order valence-corrected chi connectivity index (χ4v) is 2.20. The molecule has 0 aliphatic rings. The molecule has 2 aromatic carbocycles. The van der Waals surface area contributed by atoms with Crippen molar-refractivity contribution < 1.29 is 9.18 Å². The van der Waals surface area contributed by atoms with Crippen LogP contribution in [0.3, 0.4) is 0 Å². The van der Waals surface area contributed by atoms with Crippen molar-refractivity contribution in [1.82, 2.24) is 0 Å². The van der Waals surface area contributed by atoms with Gasteiger partial charge >= 0.3 is 0 Å². The SMILES string of the molecule is NC(=O)c1cc(NCc2cc(F)cc(Cl)c2)ccc1Cl. The highest BCUT2D eigenvalue weighted by molar-refractivity contribution is 6.33. The molecule has 0 spiro atoms. The Bertz CT molecular complexity index is 641. The van der Waals surface area contributed by atoms with E-state index in [1.54, 1.807) is 24.3 Å². The summed E-state index contributed by atoms with van der Waals surface area (Å²) < 4.78 is 13.2. The number of carbonyl (C=O) groups is 1. The Morgan fingerprint density at radius 1 is 1.20 bits per heavy atom. The molecule has 0 bridgehead atoms. The summed E-state index contributed by atoms with van der Waals surface area (Å²) in [6, 6.07) is 9.09. The quantitative estimate of drug-likeness (QED) is 0.901. The predicted molar refractivity (Wildman–Crippen MR) is 78.7 cm³/mol. The first-order chi connectivity index (χ1) is 9.45. The van der Waals surface area contributed by atoms with Gasteiger partial charge in [-0.15, -0.1) is 0 Å². The van der Waals surface area contributed by atoms with Crippen molar-refractivity contribution in [2.75, 3.05) is 5.32 Å². The van der Waals surface area contributed by atoms with Crippen molar-refractivity contribution in [1.29, 1.82) is 0 Å². The zero-order chi connectivity index (χ0) is 14.7. The van der Waals surface area contributed by atoms with Gasteiger partial charge in [0.05, 0.1) is 10.6 Å². The first kappa shape index (κ1) is 14.6. The van der Waals surface area contributed by atoms with Gasteiger partial charge in [-0.05, 0) is 42.0 Å². The number of rotatable bonds is 4. The molecule has 2 aromatic rings. The molecule has 0 radical (unpaired) electrons. The van der Waals surface area contributed by atoms with Gasteiger partial charge in [-0.2, -0.15) is 0 Å². The van der Waals surface area contributed by atoms with Crippen LogP contribution in [0.25, 0.3) is 0 Å². The van der Waals surface area contributed by atoms with Crippen molar-refractivity contribution in [2.45, 2.75) is 6.54 Å². The number of nitrogens with two attached hydrogens (primary N) is 1. The lowest BCUT2D eigenvalue weighted by Gasteiger charge is -2.09. The van der Waals surface area contributed by atoms with E-state index in [9.17, 15) is 9.18 Å². The van der Waals surface area contributed by atoms with E-state index in [1.165, 1.54) is 12.1 Å². The summed E-state index contributed by atoms with van der Waals surface area (Å²) in [6.45, 7) is 0.358. The average Bonchev–Trinajstić information content (AvgIpc) is 2.36. The first-order valence-electron chi connectivity index (χ1n) is 5.74. The molecule has 0 unspecified atom stereocenters. The van der Waals surface area contributed by atoms with Crippen LogP contribution in [0.5, 0.6) is 0 Å². The number of primary amides is 1. The number of hydrogen-bond donors (Lipinski definition) is 2. The second-order valence-corrected chi connectivity index (χ2v) is 5.03. The summed E-state index contributed by atoms with van der Waals surface area (Å²) in [5, 5.41) is 3.66. The van der Waals surface area contributed by atoms with Crippen LogP contribution >= 0.6 is 23.2 Å². The van der Waals surface area contributed by atoms with Crippen LogP contribution < -0.4 is 11.1 Å². The Hall–Kier alpha value is -1.78. The predicted octanol–water partition coefficient (Wildman–Crippen LogP) is 3.84. The Balaban J connectivity index is 2.14. The maximum atomic E-state index is 13.2. The minimum Gasteiger partial charge on any atom is -0.381 e. The maximum Gasteiger partial charge on any atom is 0.250 e. The van der Waals surface area contributed by atoms with Crippen LogP contribution in [0.1, 0.15) is 15.9 Å². The summed E-state index contributed by atoms with van der Waals surface area (Å²) in [6.07, 6.45) is 0. The van der Waals surface area contributed by atoms with Crippen LogP contribution in [-0.4, -0.2) is 5.91 Å². The summed E-state index contributed by atoms with van der Waals surface area (Å²) >= 11 is 11.6. The maximum absolute atomic E-state index is 13.2. The molecule has 1 amide bonds. The van der Waals surface area contributed by atoms with Crippen molar-refractivity contribution in [3.63, 3.8) is 0 Å². The standard InChI is InChI=1S/C14H11Cl2FN2O/c15-9-3-8(4-10(17)5-9)7-19-11-1-2-13(16)12(6-11)14(18)20/h1-6,19H,7H2,(H2,18,20). The van der Waals surface area contributed by atoms with E-state index in [-0.39, 0.29) is 10.6 Å². The molecule has 0 aliphatic heterocycles. The Labute approximate surface area is 125 Å². The van der Waals surface area contributed by atoms with Crippen molar-refractivity contribution >= 4 is 34.8 Å². The lowest BCUT2D eigenvalue weighted by atomic mass is 10.1. The van der Waals surface area contributed by atoms with Crippen LogP contribution in [0.15, 0.2) is 36.4 Å². The minimum atomic E-state index is -0.604. The van der Waals surface area contributed by atoms with Gasteiger partial charge < -0.3 is 11.1 Å². The molecule has 0 atom stereocenters. The van der Waals surface area contributed by atoms with Gasteiger partial charge in [0.15, 0.2) is 0 Å². The van der Waals surface area contributed by atoms with Crippen LogP contribution in [-0.2, 0) is 6.54 Å². The van der Waals surface area contributed by atoms with Gasteiger partial charge in [-0.25, -0.2) is 4.39 Å². The smallest absolute Gasteiger partial charge is 0.250 e. The van der Waals surface area contributed by atoms with E-state index in [4.69, 9.17) is 28.9 Å². The largest absolute Gasteiger partial charge is 0.381 e. The third-order valence-electron chi connectivity index (χ3n) is 2.65. The highest BCUT2D eigenvalue weighted by Crippen LogP contribution is 2.21. The number of nitrogens with one attached hydrogen (secondary N) is 1. The molecule has 2 rings (SSSR count). The highest BCUT2D eigenvalue weighted by Gasteiger charge is 2.07. The van der Waals surface area contributed by atoms with Crippen molar-refractivity contribution in [2.24, 2.45) is 5.73 Å². The van der Waals surface area contributed by atoms with E-state index in [0.717, 1.165) is 0 Å². The molecule has 0 heterocycles. The summed E-state index contributed by atoms with van der Waals surface area (Å²) in [5.74, 6) is -1.00. The zero-order valence-corrected chi connectivity index (χ0v) is 11.8. The Morgan fingerprint density at radius 2 is 1.95 bits per heavy atom. The van der Waals surface area contributed by atoms with Crippen molar-refractivity contribution in [3.8, 4) is 0 Å². The molecule has 0 saturated heterocycles. The van der Waals surface area contributed by atoms with Gasteiger partial charge in [0, 0.05) is 17.3 Å². The van der Waals surface area contributed by atoms with E-state index >= 15 is 0 Å². The molecule has 0 fully saturated rings. The number of anilines is 1. The van der Waals surface area contributed by atoms with Gasteiger partial charge in [0.2, 0.25) is 5.91 Å². The van der Waals surface area contributed by atoms with E-state index < -0.39 is 11.7 Å². The van der Waals surface area contributed by atoms with Gasteiger partial charge in [0.25, 0.3) is 0 Å². The van der Waals surface area contributed by atoms with Crippen LogP contribution in [0, 0.1) is 5.82 Å². The van der Waals surface area contributed by atoms with Gasteiger partial charge in [0.1, 0.15) is 5.82 Å². The third-order valence-corrected chi connectivity index (χ3v) is 3.20. The van der Waals surface area contributed by atoms with Gasteiger partial charge in [-0.1, -0.05) is 23.2 Å². The molecule has 20 heavy (non-hydrogen) atoms. The topological polar surface area (TPSA) is 55.1 Å². The fraction of sp³-hybridized carbons (Fsp3) is 0.0714. The monoisotopic (exact) mass is 312 g/mol. The first-order valence-corrected chi connectivity index (χ1v) is 6.49. The van der Waals surface area contributed by atoms with Crippen LogP contribution in [0.4, 0.5) is 10.1 Å². The highest BCUT2D eigenvalue weighted by atomic mass is 35.5. The number of benzene rings is 2. The summed E-state index contributed by atoms with van der Waals surface area (Å²) in [7, 11) is 0. The van der Waals surface area contributed by atoms with E-state index in [0.29, 0.717) is 22.8 Å². The molecule has 0 aromatic heterocycles. The van der Waals surface area contributed by atoms with Gasteiger partial charge in [-0.3, -0.25) is 4.79 Å². The lowest BCUT2D eigenvalue weighted by Crippen LogP contribution is -2.12. The Kier molecular flexibility index (Phi) is 4.47. The molecule has 0 saturated carbocycles. The average molecular weight is 313 g/mol. The molecule has 3 N–H and O–H groups in total. The second kappa shape index (κ2) is 6.11. The molecule has 6 heteroatoms. The summed E-state index contributed by atoms with van der Waals surface area (Å²) in [5.41, 5.74) is 6.78. The molecule has 3 nitrogen and oxygen atoms in total. The molecular formula is C14H11Cl2FN2O. The number of carbonyl (C=O) groups excluding carboxylic acids is 1. The second-order valence-electron chi connectivity index (χ2n) is 4.19. The van der Waals surface area contributed by atoms with E-state index in [2.05, 4.69) is 5.32 Å². The fourth-order valence-electron chi connectivity index (χ4n) is 1.74. The lowest BCUT2D eigenvalue weighted by molar-refractivity contribution is 0.100. The van der Waals surface area contributed by atoms with Crippen LogP contribution in [0.2, 0.25) is 10.0 Å². The molecule has 104 valence electrons. The molecule has 0 aliphatic carbocycles. The number of hydrogen-bond acceptors (Lipinski definition) is 2. The minimum absolute atomic E-state index is 0.231. The Morgan fingerprint density at radius 3 is 2.60 bits per heavy atom. The number of amides is 1. The third kappa shape index (κ3) is 3.62. The zero-order valence-electron chi connectivity index (χ0n) is 10.3. The number of halogens is 3. The molecular weight excluding hydrogens is 302 g/mol.